The highest BCUT2D eigenvalue weighted by Gasteiger charge is 2.21. The van der Waals surface area contributed by atoms with Crippen LogP contribution in [-0.2, 0) is 24.3 Å². The Hall–Kier alpha value is -5.28. The van der Waals surface area contributed by atoms with Gasteiger partial charge in [0, 0.05) is 30.7 Å². The average Bonchev–Trinajstić information content (AvgIpc) is 3.35. The van der Waals surface area contributed by atoms with E-state index in [1.807, 2.05) is 6.07 Å². The van der Waals surface area contributed by atoms with Crippen LogP contribution >= 0.6 is 0 Å². The summed E-state index contributed by atoms with van der Waals surface area (Å²) in [5.41, 5.74) is -0.0228. The van der Waals surface area contributed by atoms with E-state index in [1.165, 1.54) is 48.1 Å². The van der Waals surface area contributed by atoms with Gasteiger partial charge in [0.2, 0.25) is 5.88 Å². The largest absolute Gasteiger partial charge is 0.478 e. The van der Waals surface area contributed by atoms with Crippen molar-refractivity contribution < 1.29 is 36.9 Å². The number of rotatable bonds is 10. The van der Waals surface area contributed by atoms with Crippen LogP contribution in [0.5, 0.6) is 5.88 Å². The van der Waals surface area contributed by atoms with Gasteiger partial charge in [-0.25, -0.2) is 32.3 Å². The highest BCUT2D eigenvalue weighted by molar-refractivity contribution is 5.92. The number of ether oxygens (including phenoxy) is 2. The molecule has 2 heterocycles. The number of methoxy groups -OCH3 is 1. The predicted molar refractivity (Wildman–Crippen MR) is 151 cm³/mol. The molecule has 0 aliphatic rings. The van der Waals surface area contributed by atoms with Crippen molar-refractivity contribution in [3.05, 3.63) is 112 Å². The van der Waals surface area contributed by atoms with Gasteiger partial charge in [0.25, 0.3) is 0 Å². The number of hydrogen-bond acceptors (Lipinski definition) is 6. The van der Waals surface area contributed by atoms with E-state index >= 15 is 8.78 Å². The zero-order valence-corrected chi connectivity index (χ0v) is 23.4. The topological polar surface area (TPSA) is 110 Å². The van der Waals surface area contributed by atoms with Crippen molar-refractivity contribution in [2.24, 2.45) is 0 Å². The van der Waals surface area contributed by atoms with Crippen molar-refractivity contribution in [1.29, 1.82) is 5.26 Å². The number of nitriles is 1. The zero-order valence-electron chi connectivity index (χ0n) is 23.4. The number of pyridine rings is 1. The van der Waals surface area contributed by atoms with Gasteiger partial charge in [-0.1, -0.05) is 12.1 Å². The molecule has 12 heteroatoms. The summed E-state index contributed by atoms with van der Waals surface area (Å²) in [4.78, 5) is 20.1. The van der Waals surface area contributed by atoms with Gasteiger partial charge in [-0.05, 0) is 55.0 Å². The third-order valence-electron chi connectivity index (χ3n) is 7.02. The maximum atomic E-state index is 15.4. The summed E-state index contributed by atoms with van der Waals surface area (Å²) < 4.78 is 72.3. The van der Waals surface area contributed by atoms with Crippen molar-refractivity contribution in [3.8, 4) is 23.2 Å². The second kappa shape index (κ2) is 12.5. The minimum Gasteiger partial charge on any atom is -0.478 e. The van der Waals surface area contributed by atoms with Gasteiger partial charge in [-0.3, -0.25) is 0 Å². The van der Waals surface area contributed by atoms with E-state index in [1.54, 1.807) is 6.92 Å². The average molecular weight is 605 g/mol. The summed E-state index contributed by atoms with van der Waals surface area (Å²) in [6.07, 6.45) is -0.622. The lowest BCUT2D eigenvalue weighted by atomic mass is 10.0. The molecule has 1 N–H and O–H groups in total. The van der Waals surface area contributed by atoms with Gasteiger partial charge in [-0.15, -0.1) is 0 Å². The van der Waals surface area contributed by atoms with Gasteiger partial charge in [0.15, 0.2) is 5.82 Å². The van der Waals surface area contributed by atoms with Crippen LogP contribution in [0.3, 0.4) is 0 Å². The van der Waals surface area contributed by atoms with E-state index in [0.717, 1.165) is 24.3 Å². The third kappa shape index (κ3) is 6.23. The van der Waals surface area contributed by atoms with Crippen LogP contribution in [0.15, 0.2) is 60.7 Å². The zero-order chi connectivity index (χ0) is 31.5. The maximum Gasteiger partial charge on any atom is 0.335 e. The fourth-order valence-corrected chi connectivity index (χ4v) is 4.64. The summed E-state index contributed by atoms with van der Waals surface area (Å²) >= 11 is 0. The number of carboxylic acid groups (broad SMARTS) is 1. The maximum absolute atomic E-state index is 15.4. The first-order valence-corrected chi connectivity index (χ1v) is 13.3. The number of halogens is 4. The molecule has 0 radical (unpaired) electrons. The molecular weight excluding hydrogens is 580 g/mol. The third-order valence-corrected chi connectivity index (χ3v) is 7.02. The molecule has 0 aliphatic carbocycles. The van der Waals surface area contributed by atoms with Gasteiger partial charge >= 0.3 is 5.97 Å². The first-order valence-electron chi connectivity index (χ1n) is 13.3. The van der Waals surface area contributed by atoms with E-state index in [9.17, 15) is 18.7 Å². The summed E-state index contributed by atoms with van der Waals surface area (Å²) in [7, 11) is 1.47. The predicted octanol–water partition coefficient (Wildman–Crippen LogP) is 6.43. The Kier molecular flexibility index (Phi) is 8.59. The van der Waals surface area contributed by atoms with E-state index in [-0.39, 0.29) is 81.9 Å². The molecule has 0 spiro atoms. The van der Waals surface area contributed by atoms with Gasteiger partial charge in [0.05, 0.1) is 41.1 Å². The lowest BCUT2D eigenvalue weighted by molar-refractivity contribution is 0.0696. The number of carbonyl (C=O) groups is 1. The summed E-state index contributed by atoms with van der Waals surface area (Å²) in [6, 6.07) is 14.3. The number of benzene rings is 3. The minimum absolute atomic E-state index is 0.0406. The Morgan fingerprint density at radius 2 is 1.75 bits per heavy atom. The van der Waals surface area contributed by atoms with E-state index in [2.05, 4.69) is 9.97 Å². The quantitative estimate of drug-likeness (QED) is 0.183. The monoisotopic (exact) mass is 604 g/mol. The van der Waals surface area contributed by atoms with Crippen molar-refractivity contribution in [2.75, 3.05) is 7.11 Å². The minimum atomic E-state index is -1.33. The lowest BCUT2D eigenvalue weighted by Gasteiger charge is -2.15. The normalized spacial score (nSPS) is 11.8. The molecule has 0 fully saturated rings. The Morgan fingerprint density at radius 3 is 2.45 bits per heavy atom. The summed E-state index contributed by atoms with van der Waals surface area (Å²) in [6.45, 7) is 1.69. The Labute approximate surface area is 248 Å². The molecular formula is C32H24F4N4O4. The number of carboxylic acids is 1. The first-order chi connectivity index (χ1) is 21.1. The van der Waals surface area contributed by atoms with E-state index in [0.29, 0.717) is 0 Å². The van der Waals surface area contributed by atoms with Gasteiger partial charge in [0.1, 0.15) is 35.4 Å². The molecule has 1 atom stereocenters. The van der Waals surface area contributed by atoms with Crippen LogP contribution in [0.2, 0.25) is 0 Å². The molecule has 44 heavy (non-hydrogen) atoms. The summed E-state index contributed by atoms with van der Waals surface area (Å²) in [5, 5.41) is 18.3. The van der Waals surface area contributed by atoms with Crippen LogP contribution in [0.4, 0.5) is 17.6 Å². The van der Waals surface area contributed by atoms with Crippen LogP contribution in [0, 0.1) is 34.6 Å². The molecule has 0 saturated heterocycles. The van der Waals surface area contributed by atoms with Crippen LogP contribution in [0.1, 0.15) is 39.8 Å². The Morgan fingerprint density at radius 1 is 0.977 bits per heavy atom. The number of nitrogens with zero attached hydrogens (tertiary/aromatic N) is 4. The lowest BCUT2D eigenvalue weighted by Crippen LogP contribution is -2.17. The summed E-state index contributed by atoms with van der Waals surface area (Å²) in [5.74, 6) is -4.16. The highest BCUT2D eigenvalue weighted by Crippen LogP contribution is 2.29. The first kappa shape index (κ1) is 30.2. The molecule has 0 aliphatic heterocycles. The second-order valence-electron chi connectivity index (χ2n) is 9.98. The molecule has 0 amide bonds. The molecule has 1 unspecified atom stereocenters. The molecule has 5 rings (SSSR count). The van der Waals surface area contributed by atoms with Crippen LogP contribution in [0.25, 0.3) is 22.3 Å². The molecule has 224 valence electrons. The fourth-order valence-electron chi connectivity index (χ4n) is 4.64. The highest BCUT2D eigenvalue weighted by atomic mass is 19.1. The van der Waals surface area contributed by atoms with E-state index < -0.39 is 29.2 Å². The Balaban J connectivity index is 1.44. The molecule has 0 saturated carbocycles. The van der Waals surface area contributed by atoms with Gasteiger partial charge in [-0.2, -0.15) is 5.26 Å². The van der Waals surface area contributed by atoms with Crippen molar-refractivity contribution in [1.82, 2.24) is 14.5 Å². The van der Waals surface area contributed by atoms with E-state index in [4.69, 9.17) is 14.7 Å². The standard InChI is InChI=1S/C32H24F4N4O4/c1-17(43-2)15-40-28-11-21(32(41)42)10-26(36)31(28)39-29(40)12-20-9-25(35)22(13-24(20)34)27-4-3-5-30(38-27)44-16-19-7-6-18(14-37)8-23(19)33/h3-11,13,17H,12,15-16H2,1-2H3,(H,41,42). The van der Waals surface area contributed by atoms with Crippen molar-refractivity contribution in [2.45, 2.75) is 32.6 Å². The number of fused-ring (bicyclic) bond motifs is 1. The SMILES string of the molecule is COC(C)Cn1c(Cc2cc(F)c(-c3cccc(OCc4ccc(C#N)cc4F)n3)cc2F)nc2c(F)cc(C(=O)O)cc21. The Bertz CT molecular complexity index is 1940. The molecule has 0 bridgehead atoms. The van der Waals surface area contributed by atoms with Gasteiger partial charge < -0.3 is 19.1 Å². The van der Waals surface area contributed by atoms with Crippen molar-refractivity contribution in [3.63, 3.8) is 0 Å². The van der Waals surface area contributed by atoms with Crippen LogP contribution in [-0.4, -0.2) is 38.8 Å². The van der Waals surface area contributed by atoms with Crippen molar-refractivity contribution >= 4 is 17.0 Å². The molecule has 5 aromatic rings. The molecule has 2 aromatic heterocycles. The van der Waals surface area contributed by atoms with Crippen LogP contribution < -0.4 is 4.74 Å². The smallest absolute Gasteiger partial charge is 0.335 e. The molecule has 8 nitrogen and oxygen atoms in total. The number of imidazole rings is 1. The fraction of sp³-hybridized carbons (Fsp3) is 0.188. The number of aromatic nitrogens is 3. The second-order valence-corrected chi connectivity index (χ2v) is 9.98. The number of aromatic carboxylic acids is 1. The number of hydrogen-bond donors (Lipinski definition) is 1. The molecule has 3 aromatic carbocycles.